The predicted molar refractivity (Wildman–Crippen MR) is 73.8 cm³/mol. The first-order valence-electron chi connectivity index (χ1n) is 6.30. The van der Waals surface area contributed by atoms with Crippen LogP contribution in [0.3, 0.4) is 0 Å². The van der Waals surface area contributed by atoms with Crippen molar-refractivity contribution < 1.29 is 19.4 Å². The topological polar surface area (TPSA) is 75.6 Å². The maximum atomic E-state index is 11.5. The first kappa shape index (κ1) is 17.2. The van der Waals surface area contributed by atoms with Gasteiger partial charge in [0.15, 0.2) is 0 Å². The van der Waals surface area contributed by atoms with Crippen molar-refractivity contribution in [1.82, 2.24) is 5.32 Å². The Balaban J connectivity index is 4.33. The maximum absolute atomic E-state index is 11.5. The maximum Gasteiger partial charge on any atom is 0.412 e. The fourth-order valence-electron chi connectivity index (χ4n) is 1.28. The van der Waals surface area contributed by atoms with Crippen LogP contribution in [0.4, 0.5) is 4.79 Å². The first-order valence-corrected chi connectivity index (χ1v) is 6.30. The molecule has 5 heteroatoms. The number of rotatable bonds is 7. The van der Waals surface area contributed by atoms with Gasteiger partial charge in [0.1, 0.15) is 11.3 Å². The first-order chi connectivity index (χ1) is 8.76. The predicted octanol–water partition coefficient (Wildman–Crippen LogP) is 3.23. The summed E-state index contributed by atoms with van der Waals surface area (Å²) < 4.78 is 5.00. The molecular formula is C14H23NO4. The lowest BCUT2D eigenvalue weighted by molar-refractivity contribution is -0.133. The van der Waals surface area contributed by atoms with Crippen LogP contribution in [-0.2, 0) is 9.53 Å². The van der Waals surface area contributed by atoms with Crippen molar-refractivity contribution in [3.8, 4) is 0 Å². The monoisotopic (exact) mass is 269 g/mol. The second kappa shape index (κ2) is 8.34. The smallest absolute Gasteiger partial charge is 0.412 e. The normalized spacial score (nSPS) is 11.8. The number of amides is 1. The third-order valence-electron chi connectivity index (χ3n) is 2.08. The Kier molecular flexibility index (Phi) is 7.56. The molecule has 0 aromatic carbocycles. The highest BCUT2D eigenvalue weighted by molar-refractivity contribution is 5.90. The molecule has 5 nitrogen and oxygen atoms in total. The van der Waals surface area contributed by atoms with E-state index in [0.717, 1.165) is 19.3 Å². The average molecular weight is 269 g/mol. The van der Waals surface area contributed by atoms with Gasteiger partial charge in [0.2, 0.25) is 0 Å². The molecule has 0 aromatic rings. The Morgan fingerprint density at radius 3 is 2.32 bits per heavy atom. The highest BCUT2D eigenvalue weighted by atomic mass is 16.6. The van der Waals surface area contributed by atoms with Gasteiger partial charge < -0.3 is 9.84 Å². The van der Waals surface area contributed by atoms with E-state index in [4.69, 9.17) is 9.84 Å². The molecule has 0 heterocycles. The van der Waals surface area contributed by atoms with Gasteiger partial charge in [-0.25, -0.2) is 9.59 Å². The standard InChI is InChI=1S/C14H23NO4/c1-5-6-7-8-9-10-11(12(16)17)15-13(18)19-14(2,3)4/h5,10H,1,6-9H2,2-4H3,(H,15,18)(H,16,17)/b11-10+. The van der Waals surface area contributed by atoms with Gasteiger partial charge in [0.25, 0.3) is 0 Å². The minimum absolute atomic E-state index is 0.146. The van der Waals surface area contributed by atoms with Crippen LogP contribution in [0, 0.1) is 0 Å². The molecule has 0 saturated carbocycles. The van der Waals surface area contributed by atoms with Crippen LogP contribution in [0.5, 0.6) is 0 Å². The lowest BCUT2D eigenvalue weighted by Crippen LogP contribution is -2.34. The van der Waals surface area contributed by atoms with Gasteiger partial charge in [-0.15, -0.1) is 6.58 Å². The van der Waals surface area contributed by atoms with Gasteiger partial charge >= 0.3 is 12.1 Å². The summed E-state index contributed by atoms with van der Waals surface area (Å²) in [7, 11) is 0. The molecule has 0 spiro atoms. The molecule has 0 saturated heterocycles. The summed E-state index contributed by atoms with van der Waals surface area (Å²) in [6, 6.07) is 0. The van der Waals surface area contributed by atoms with Crippen LogP contribution in [-0.4, -0.2) is 22.8 Å². The number of allylic oxidation sites excluding steroid dienone is 2. The molecule has 2 N–H and O–H groups in total. The Hall–Kier alpha value is -1.78. The lowest BCUT2D eigenvalue weighted by atomic mass is 10.2. The van der Waals surface area contributed by atoms with Crippen LogP contribution in [0.15, 0.2) is 24.4 Å². The number of unbranched alkanes of at least 4 members (excludes halogenated alkanes) is 3. The number of hydrogen-bond donors (Lipinski definition) is 2. The fraction of sp³-hybridized carbons (Fsp3) is 0.571. The van der Waals surface area contributed by atoms with Crippen molar-refractivity contribution >= 4 is 12.1 Å². The van der Waals surface area contributed by atoms with Crippen LogP contribution >= 0.6 is 0 Å². The quantitative estimate of drug-likeness (QED) is 0.422. The highest BCUT2D eigenvalue weighted by Gasteiger charge is 2.18. The van der Waals surface area contributed by atoms with Crippen molar-refractivity contribution in [3.05, 3.63) is 24.4 Å². The summed E-state index contributed by atoms with van der Waals surface area (Å²) >= 11 is 0. The Morgan fingerprint density at radius 2 is 1.84 bits per heavy atom. The van der Waals surface area contributed by atoms with Gasteiger partial charge in [-0.1, -0.05) is 12.2 Å². The molecule has 0 fully saturated rings. The molecule has 0 aromatic heterocycles. The zero-order valence-corrected chi connectivity index (χ0v) is 11.9. The average Bonchev–Trinajstić information content (AvgIpc) is 2.24. The number of ether oxygens (including phenoxy) is 1. The van der Waals surface area contributed by atoms with Crippen molar-refractivity contribution in [3.63, 3.8) is 0 Å². The molecule has 0 rings (SSSR count). The van der Waals surface area contributed by atoms with Gasteiger partial charge in [-0.3, -0.25) is 5.32 Å². The fourth-order valence-corrected chi connectivity index (χ4v) is 1.28. The zero-order chi connectivity index (χ0) is 14.9. The minimum Gasteiger partial charge on any atom is -0.477 e. The molecule has 0 unspecified atom stereocenters. The van der Waals surface area contributed by atoms with E-state index in [2.05, 4.69) is 11.9 Å². The number of aliphatic carboxylic acids is 1. The summed E-state index contributed by atoms with van der Waals surface area (Å²) in [5.41, 5.74) is -0.801. The van der Waals surface area contributed by atoms with Gasteiger partial charge in [0.05, 0.1) is 0 Å². The van der Waals surface area contributed by atoms with E-state index in [9.17, 15) is 9.59 Å². The van der Waals surface area contributed by atoms with Crippen LogP contribution < -0.4 is 5.32 Å². The summed E-state index contributed by atoms with van der Waals surface area (Å²) in [4.78, 5) is 22.4. The Morgan fingerprint density at radius 1 is 1.26 bits per heavy atom. The third kappa shape index (κ3) is 9.88. The molecule has 0 aliphatic carbocycles. The third-order valence-corrected chi connectivity index (χ3v) is 2.08. The van der Waals surface area contributed by atoms with Crippen LogP contribution in [0.25, 0.3) is 0 Å². The van der Waals surface area contributed by atoms with Crippen molar-refractivity contribution in [2.75, 3.05) is 0 Å². The molecule has 0 atom stereocenters. The Labute approximate surface area is 114 Å². The summed E-state index contributed by atoms with van der Waals surface area (Å²) in [6.45, 7) is 8.75. The number of carbonyl (C=O) groups excluding carboxylic acids is 1. The van der Waals surface area contributed by atoms with E-state index in [-0.39, 0.29) is 5.70 Å². The molecule has 1 amide bonds. The summed E-state index contributed by atoms with van der Waals surface area (Å²) in [5.74, 6) is -1.17. The van der Waals surface area contributed by atoms with Crippen LogP contribution in [0.2, 0.25) is 0 Å². The largest absolute Gasteiger partial charge is 0.477 e. The SMILES string of the molecule is C=CCCCC/C=C(/NC(=O)OC(C)(C)C)C(=O)O. The van der Waals surface area contributed by atoms with E-state index in [0.29, 0.717) is 6.42 Å². The van der Waals surface area contributed by atoms with E-state index < -0.39 is 17.7 Å². The Bertz CT molecular complexity index is 353. The number of carboxylic acids is 1. The molecule has 0 radical (unpaired) electrons. The van der Waals surface area contributed by atoms with Gasteiger partial charge in [0, 0.05) is 0 Å². The van der Waals surface area contributed by atoms with Crippen LogP contribution in [0.1, 0.15) is 46.5 Å². The molecule has 108 valence electrons. The van der Waals surface area contributed by atoms with Gasteiger partial charge in [-0.2, -0.15) is 0 Å². The van der Waals surface area contributed by atoms with Crippen molar-refractivity contribution in [1.29, 1.82) is 0 Å². The highest BCUT2D eigenvalue weighted by Crippen LogP contribution is 2.08. The molecule has 0 aliphatic heterocycles. The molecule has 19 heavy (non-hydrogen) atoms. The van der Waals surface area contributed by atoms with E-state index in [1.165, 1.54) is 6.08 Å². The molecule has 0 bridgehead atoms. The number of carbonyl (C=O) groups is 2. The summed E-state index contributed by atoms with van der Waals surface area (Å²) in [6.07, 6.45) is 5.84. The van der Waals surface area contributed by atoms with Gasteiger partial charge in [-0.05, 0) is 46.5 Å². The molecular weight excluding hydrogens is 246 g/mol. The number of carboxylic acid groups (broad SMARTS) is 1. The second-order valence-electron chi connectivity index (χ2n) is 5.12. The number of alkyl carbamates (subject to hydrolysis) is 1. The van der Waals surface area contributed by atoms with Crippen molar-refractivity contribution in [2.24, 2.45) is 0 Å². The number of hydrogen-bond acceptors (Lipinski definition) is 3. The zero-order valence-electron chi connectivity index (χ0n) is 11.9. The van der Waals surface area contributed by atoms with Crippen molar-refractivity contribution in [2.45, 2.75) is 52.1 Å². The van der Waals surface area contributed by atoms with E-state index in [1.54, 1.807) is 20.8 Å². The minimum atomic E-state index is -1.17. The summed E-state index contributed by atoms with van der Waals surface area (Å²) in [5, 5.41) is 11.2. The lowest BCUT2D eigenvalue weighted by Gasteiger charge is -2.19. The van der Waals surface area contributed by atoms with E-state index in [1.807, 2.05) is 6.08 Å². The molecule has 0 aliphatic rings. The number of nitrogens with one attached hydrogen (secondary N) is 1. The second-order valence-corrected chi connectivity index (χ2v) is 5.12. The van der Waals surface area contributed by atoms with E-state index >= 15 is 0 Å².